The van der Waals surface area contributed by atoms with Crippen molar-refractivity contribution in [3.63, 3.8) is 0 Å². The molecule has 6 nitrogen and oxygen atoms in total. The minimum absolute atomic E-state index is 0.113. The maximum absolute atomic E-state index is 13.1. The Bertz CT molecular complexity index is 1350. The number of nitrogens with one attached hydrogen (secondary N) is 2. The second kappa shape index (κ2) is 13.8. The molecule has 1 unspecified atom stereocenters. The lowest BCUT2D eigenvalue weighted by Crippen LogP contribution is -2.33. The highest BCUT2D eigenvalue weighted by molar-refractivity contribution is 6.12. The van der Waals surface area contributed by atoms with Gasteiger partial charge in [-0.3, -0.25) is 4.79 Å². The summed E-state index contributed by atoms with van der Waals surface area (Å²) in [6, 6.07) is 31.6. The van der Waals surface area contributed by atoms with Gasteiger partial charge in [0.05, 0.1) is 13.7 Å². The molecule has 0 bridgehead atoms. The Balaban J connectivity index is 1.34. The normalized spacial score (nSPS) is 11.3. The SMILES string of the molecule is COC(=O)C(Cc1ccc(OCCCNc2ccc(C)cc2)cc1)Nc1ccccc1C(=O)c1ccccc1. The molecule has 0 saturated carbocycles. The highest BCUT2D eigenvalue weighted by atomic mass is 16.5. The first-order valence-electron chi connectivity index (χ1n) is 13.1. The average molecular weight is 523 g/mol. The van der Waals surface area contributed by atoms with Crippen molar-refractivity contribution < 1.29 is 19.1 Å². The average Bonchev–Trinajstić information content (AvgIpc) is 2.98. The molecule has 4 aromatic rings. The van der Waals surface area contributed by atoms with Gasteiger partial charge in [-0.1, -0.05) is 72.3 Å². The highest BCUT2D eigenvalue weighted by Gasteiger charge is 2.22. The van der Waals surface area contributed by atoms with Crippen LogP contribution in [0.15, 0.2) is 103 Å². The van der Waals surface area contributed by atoms with Crippen LogP contribution in [-0.2, 0) is 16.0 Å². The topological polar surface area (TPSA) is 76.7 Å². The molecule has 0 spiro atoms. The quantitative estimate of drug-likeness (QED) is 0.122. The zero-order valence-corrected chi connectivity index (χ0v) is 22.4. The van der Waals surface area contributed by atoms with Gasteiger partial charge in [-0.25, -0.2) is 4.79 Å². The molecule has 0 aromatic heterocycles. The summed E-state index contributed by atoms with van der Waals surface area (Å²) in [6.07, 6.45) is 1.26. The van der Waals surface area contributed by atoms with Gasteiger partial charge in [0.25, 0.3) is 0 Å². The van der Waals surface area contributed by atoms with Crippen LogP contribution in [0.25, 0.3) is 0 Å². The van der Waals surface area contributed by atoms with Crippen LogP contribution in [0, 0.1) is 6.92 Å². The Morgan fingerprint density at radius 3 is 2.23 bits per heavy atom. The minimum Gasteiger partial charge on any atom is -0.494 e. The second-order valence-electron chi connectivity index (χ2n) is 9.30. The molecule has 39 heavy (non-hydrogen) atoms. The number of methoxy groups -OCH3 is 1. The lowest BCUT2D eigenvalue weighted by atomic mass is 10.00. The number of aryl methyl sites for hydroxylation is 1. The molecule has 0 amide bonds. The summed E-state index contributed by atoms with van der Waals surface area (Å²) in [5.74, 6) is 0.256. The van der Waals surface area contributed by atoms with Crippen molar-refractivity contribution in [1.29, 1.82) is 0 Å². The molecule has 0 fully saturated rings. The molecule has 6 heteroatoms. The third kappa shape index (κ3) is 7.95. The van der Waals surface area contributed by atoms with Gasteiger partial charge in [-0.05, 0) is 55.3 Å². The van der Waals surface area contributed by atoms with E-state index in [4.69, 9.17) is 9.47 Å². The van der Waals surface area contributed by atoms with Crippen molar-refractivity contribution in [2.24, 2.45) is 0 Å². The molecule has 200 valence electrons. The van der Waals surface area contributed by atoms with Gasteiger partial charge in [0.15, 0.2) is 5.78 Å². The largest absolute Gasteiger partial charge is 0.494 e. The Morgan fingerprint density at radius 2 is 1.51 bits per heavy atom. The predicted octanol–water partition coefficient (Wildman–Crippen LogP) is 6.30. The molecule has 0 aliphatic heterocycles. The van der Waals surface area contributed by atoms with Crippen LogP contribution in [0.1, 0.15) is 33.5 Å². The van der Waals surface area contributed by atoms with E-state index in [1.165, 1.54) is 12.7 Å². The Kier molecular flexibility index (Phi) is 9.73. The summed E-state index contributed by atoms with van der Waals surface area (Å²) in [4.78, 5) is 25.8. The smallest absolute Gasteiger partial charge is 0.328 e. The van der Waals surface area contributed by atoms with E-state index >= 15 is 0 Å². The maximum atomic E-state index is 13.1. The molecule has 0 saturated heterocycles. The van der Waals surface area contributed by atoms with Gasteiger partial charge >= 0.3 is 5.97 Å². The van der Waals surface area contributed by atoms with Crippen LogP contribution in [0.3, 0.4) is 0 Å². The lowest BCUT2D eigenvalue weighted by molar-refractivity contribution is -0.141. The van der Waals surface area contributed by atoms with Crippen LogP contribution in [0.5, 0.6) is 5.75 Å². The zero-order valence-electron chi connectivity index (χ0n) is 22.4. The fraction of sp³-hybridized carbons (Fsp3) is 0.212. The molecular formula is C33H34N2O4. The summed E-state index contributed by atoms with van der Waals surface area (Å²) in [7, 11) is 1.36. The van der Waals surface area contributed by atoms with Crippen molar-refractivity contribution in [3.05, 3.63) is 125 Å². The zero-order chi connectivity index (χ0) is 27.5. The highest BCUT2D eigenvalue weighted by Crippen LogP contribution is 2.22. The molecule has 4 rings (SSSR count). The predicted molar refractivity (Wildman–Crippen MR) is 156 cm³/mol. The van der Waals surface area contributed by atoms with Gasteiger partial charge in [0, 0.05) is 35.5 Å². The number of carbonyl (C=O) groups is 2. The Morgan fingerprint density at radius 1 is 0.821 bits per heavy atom. The standard InChI is InChI=1S/C33H34N2O4/c1-24-13-17-27(18-14-24)34-21-8-22-39-28-19-15-25(16-20-28)23-31(33(37)38-2)35-30-12-7-6-11-29(30)32(36)26-9-4-3-5-10-26/h3-7,9-20,31,34-35H,8,21-23H2,1-2H3. The van der Waals surface area contributed by atoms with Crippen LogP contribution in [0.2, 0.25) is 0 Å². The number of hydrogen-bond donors (Lipinski definition) is 2. The third-order valence-corrected chi connectivity index (χ3v) is 6.36. The maximum Gasteiger partial charge on any atom is 0.328 e. The van der Waals surface area contributed by atoms with Gasteiger partial charge < -0.3 is 20.1 Å². The van der Waals surface area contributed by atoms with Crippen molar-refractivity contribution in [2.75, 3.05) is 30.9 Å². The molecule has 0 radical (unpaired) electrons. The van der Waals surface area contributed by atoms with Crippen LogP contribution in [-0.4, -0.2) is 38.1 Å². The monoisotopic (exact) mass is 522 g/mol. The number of ether oxygens (including phenoxy) is 2. The van der Waals surface area contributed by atoms with E-state index in [1.807, 2.05) is 54.6 Å². The Hall–Kier alpha value is -4.58. The number of carbonyl (C=O) groups excluding carboxylic acids is 2. The van der Waals surface area contributed by atoms with E-state index < -0.39 is 12.0 Å². The summed E-state index contributed by atoms with van der Waals surface area (Å²) >= 11 is 0. The summed E-state index contributed by atoms with van der Waals surface area (Å²) in [5.41, 5.74) is 4.95. The van der Waals surface area contributed by atoms with Crippen LogP contribution < -0.4 is 15.4 Å². The molecule has 2 N–H and O–H groups in total. The molecule has 0 heterocycles. The number of hydrogen-bond acceptors (Lipinski definition) is 6. The van der Waals surface area contributed by atoms with Crippen molar-refractivity contribution in [3.8, 4) is 5.75 Å². The number of anilines is 2. The number of benzene rings is 4. The summed E-state index contributed by atoms with van der Waals surface area (Å²) < 4.78 is 10.9. The number of para-hydroxylation sites is 1. The number of esters is 1. The first-order valence-corrected chi connectivity index (χ1v) is 13.1. The van der Waals surface area contributed by atoms with Crippen LogP contribution >= 0.6 is 0 Å². The van der Waals surface area contributed by atoms with E-state index in [0.29, 0.717) is 29.8 Å². The lowest BCUT2D eigenvalue weighted by Gasteiger charge is -2.20. The third-order valence-electron chi connectivity index (χ3n) is 6.36. The molecule has 0 aliphatic rings. The first kappa shape index (κ1) is 27.5. The van der Waals surface area contributed by atoms with E-state index in [9.17, 15) is 9.59 Å². The summed E-state index contributed by atoms with van der Waals surface area (Å²) in [6.45, 7) is 3.49. The second-order valence-corrected chi connectivity index (χ2v) is 9.30. The molecule has 4 aromatic carbocycles. The van der Waals surface area contributed by atoms with Gasteiger partial charge in [0.1, 0.15) is 11.8 Å². The minimum atomic E-state index is -0.667. The van der Waals surface area contributed by atoms with Gasteiger partial charge in [0.2, 0.25) is 0 Å². The number of ketones is 1. The van der Waals surface area contributed by atoms with E-state index in [-0.39, 0.29) is 5.78 Å². The first-order chi connectivity index (χ1) is 19.0. The van der Waals surface area contributed by atoms with E-state index in [2.05, 4.69) is 41.8 Å². The van der Waals surface area contributed by atoms with Crippen LogP contribution in [0.4, 0.5) is 11.4 Å². The molecule has 0 aliphatic carbocycles. The summed E-state index contributed by atoms with van der Waals surface area (Å²) in [5, 5.41) is 6.64. The van der Waals surface area contributed by atoms with E-state index in [0.717, 1.165) is 30.0 Å². The van der Waals surface area contributed by atoms with Crippen molar-refractivity contribution in [2.45, 2.75) is 25.8 Å². The van der Waals surface area contributed by atoms with Gasteiger partial charge in [-0.15, -0.1) is 0 Å². The van der Waals surface area contributed by atoms with Gasteiger partial charge in [-0.2, -0.15) is 0 Å². The van der Waals surface area contributed by atoms with Crippen molar-refractivity contribution >= 4 is 23.1 Å². The Labute approximate surface area is 230 Å². The molecule has 1 atom stereocenters. The fourth-order valence-electron chi connectivity index (χ4n) is 4.20. The number of rotatable bonds is 13. The van der Waals surface area contributed by atoms with E-state index in [1.54, 1.807) is 24.3 Å². The molecular weight excluding hydrogens is 488 g/mol. The van der Waals surface area contributed by atoms with Crippen molar-refractivity contribution in [1.82, 2.24) is 0 Å². The fourth-order valence-corrected chi connectivity index (χ4v) is 4.20.